The molecule has 0 saturated heterocycles. The second-order valence-corrected chi connectivity index (χ2v) is 10.1. The van der Waals surface area contributed by atoms with E-state index in [1.165, 1.54) is 38.5 Å². The fourth-order valence-corrected chi connectivity index (χ4v) is 6.98. The van der Waals surface area contributed by atoms with Crippen LogP contribution in [0.5, 0.6) is 5.75 Å². The minimum absolute atomic E-state index is 0.00564. The monoisotopic (exact) mass is 456 g/mol. The third-order valence-electron chi connectivity index (χ3n) is 8.34. The molecule has 6 atom stereocenters. The number of ether oxygens (including phenoxy) is 1. The van der Waals surface area contributed by atoms with Crippen LogP contribution in [0.1, 0.15) is 82.6 Å². The van der Waals surface area contributed by atoms with Gasteiger partial charge in [0.2, 0.25) is 5.75 Å². The summed E-state index contributed by atoms with van der Waals surface area (Å²) >= 11 is 0. The van der Waals surface area contributed by atoms with E-state index in [-0.39, 0.29) is 5.92 Å². The van der Waals surface area contributed by atoms with Crippen molar-refractivity contribution >= 4 is 0 Å². The molecule has 0 spiro atoms. The number of halogens is 5. The zero-order chi connectivity index (χ0) is 22.9. The van der Waals surface area contributed by atoms with Crippen LogP contribution in [-0.2, 0) is 0 Å². The van der Waals surface area contributed by atoms with Crippen LogP contribution in [0, 0.1) is 41.2 Å². The van der Waals surface area contributed by atoms with Crippen molar-refractivity contribution < 1.29 is 26.7 Å². The SMILES string of the molecule is C/C=C/CCC1CCC2C(CCC3CC(c4cc(F)c(OC(F)(F)F)c(F)c4)CCC32)C1. The Balaban J connectivity index is 1.39. The fourth-order valence-electron chi connectivity index (χ4n) is 6.98. The standard InChI is InChI=1S/C26H33F5O/c1-2-3-4-5-16-6-10-21-18(12-16)7-8-19-13-17(9-11-22(19)21)20-14-23(27)25(24(28)15-20)32-26(29,30)31/h2-3,14-19,21-22H,4-13H2,1H3/b3-2+. The molecule has 3 aliphatic carbocycles. The van der Waals surface area contributed by atoms with E-state index in [1.807, 2.05) is 0 Å². The highest BCUT2D eigenvalue weighted by Gasteiger charge is 2.44. The third kappa shape index (κ3) is 5.31. The van der Waals surface area contributed by atoms with Gasteiger partial charge in [-0.1, -0.05) is 18.6 Å². The normalized spacial score (nSPS) is 33.1. The second kappa shape index (κ2) is 9.72. The summed E-state index contributed by atoms with van der Waals surface area (Å²) in [4.78, 5) is 0. The summed E-state index contributed by atoms with van der Waals surface area (Å²) in [6, 6.07) is 2.08. The van der Waals surface area contributed by atoms with Gasteiger partial charge in [0.05, 0.1) is 0 Å². The highest BCUT2D eigenvalue weighted by Crippen LogP contribution is 2.55. The quantitative estimate of drug-likeness (QED) is 0.319. The van der Waals surface area contributed by atoms with Gasteiger partial charge in [-0.25, -0.2) is 8.78 Å². The highest BCUT2D eigenvalue weighted by atomic mass is 19.4. The number of rotatable bonds is 5. The van der Waals surface area contributed by atoms with Gasteiger partial charge in [0.15, 0.2) is 11.6 Å². The van der Waals surface area contributed by atoms with E-state index in [0.717, 1.165) is 55.6 Å². The van der Waals surface area contributed by atoms with Gasteiger partial charge in [0.1, 0.15) is 0 Å². The topological polar surface area (TPSA) is 9.23 Å². The molecule has 1 aromatic rings. The van der Waals surface area contributed by atoms with Crippen LogP contribution < -0.4 is 4.74 Å². The van der Waals surface area contributed by atoms with Gasteiger partial charge in [-0.05, 0) is 118 Å². The van der Waals surface area contributed by atoms with E-state index in [2.05, 4.69) is 23.8 Å². The van der Waals surface area contributed by atoms with Crippen LogP contribution in [-0.4, -0.2) is 6.36 Å². The molecule has 0 aromatic heterocycles. The van der Waals surface area contributed by atoms with Crippen molar-refractivity contribution in [3.05, 3.63) is 41.5 Å². The third-order valence-corrected chi connectivity index (χ3v) is 8.34. The lowest BCUT2D eigenvalue weighted by molar-refractivity contribution is -0.276. The zero-order valence-corrected chi connectivity index (χ0v) is 18.6. The predicted molar refractivity (Wildman–Crippen MR) is 114 cm³/mol. The van der Waals surface area contributed by atoms with Crippen LogP contribution in [0.3, 0.4) is 0 Å². The molecular formula is C26H33F5O. The van der Waals surface area contributed by atoms with Crippen molar-refractivity contribution in [2.24, 2.45) is 29.6 Å². The van der Waals surface area contributed by atoms with Crippen molar-refractivity contribution in [2.75, 3.05) is 0 Å². The van der Waals surface area contributed by atoms with Crippen LogP contribution in [0.15, 0.2) is 24.3 Å². The average Bonchev–Trinajstić information content (AvgIpc) is 2.75. The Kier molecular flexibility index (Phi) is 7.16. The molecule has 1 nitrogen and oxygen atoms in total. The maximum Gasteiger partial charge on any atom is 0.573 e. The number of alkyl halides is 3. The van der Waals surface area contributed by atoms with E-state index >= 15 is 0 Å². The molecule has 0 N–H and O–H groups in total. The molecule has 6 unspecified atom stereocenters. The van der Waals surface area contributed by atoms with E-state index in [0.29, 0.717) is 17.4 Å². The second-order valence-electron chi connectivity index (χ2n) is 10.1. The van der Waals surface area contributed by atoms with E-state index in [1.54, 1.807) is 0 Å². The largest absolute Gasteiger partial charge is 0.573 e. The summed E-state index contributed by atoms with van der Waals surface area (Å²) in [5.74, 6) is -0.275. The summed E-state index contributed by atoms with van der Waals surface area (Å²) in [6.07, 6.45) is 10.8. The van der Waals surface area contributed by atoms with Gasteiger partial charge in [0.25, 0.3) is 0 Å². The summed E-state index contributed by atoms with van der Waals surface area (Å²) < 4.78 is 69.3. The summed E-state index contributed by atoms with van der Waals surface area (Å²) in [6.45, 7) is 2.07. The van der Waals surface area contributed by atoms with Gasteiger partial charge < -0.3 is 4.74 Å². The van der Waals surface area contributed by atoms with E-state index < -0.39 is 23.7 Å². The Morgan fingerprint density at radius 1 is 0.906 bits per heavy atom. The molecule has 6 heteroatoms. The summed E-state index contributed by atoms with van der Waals surface area (Å²) in [7, 11) is 0. The maximum atomic E-state index is 14.2. The Bertz CT molecular complexity index is 794. The Hall–Kier alpha value is -1.59. The Morgan fingerprint density at radius 3 is 2.16 bits per heavy atom. The average molecular weight is 457 g/mol. The van der Waals surface area contributed by atoms with Gasteiger partial charge in [0, 0.05) is 0 Å². The fraction of sp³-hybridized carbons (Fsp3) is 0.692. The molecular weight excluding hydrogens is 423 g/mol. The first-order valence-electron chi connectivity index (χ1n) is 12.1. The number of hydrogen-bond donors (Lipinski definition) is 0. The first-order valence-corrected chi connectivity index (χ1v) is 12.1. The van der Waals surface area contributed by atoms with Crippen molar-refractivity contribution in [3.63, 3.8) is 0 Å². The minimum atomic E-state index is -5.12. The van der Waals surface area contributed by atoms with Crippen LogP contribution in [0.25, 0.3) is 0 Å². The van der Waals surface area contributed by atoms with Gasteiger partial charge >= 0.3 is 6.36 Å². The first-order chi connectivity index (χ1) is 15.2. The first kappa shape index (κ1) is 23.6. The molecule has 0 heterocycles. The predicted octanol–water partition coefficient (Wildman–Crippen LogP) is 8.55. The maximum absolute atomic E-state index is 14.2. The zero-order valence-electron chi connectivity index (χ0n) is 18.6. The van der Waals surface area contributed by atoms with Crippen molar-refractivity contribution in [3.8, 4) is 5.75 Å². The van der Waals surface area contributed by atoms with Crippen LogP contribution in [0.4, 0.5) is 22.0 Å². The highest BCUT2D eigenvalue weighted by molar-refractivity contribution is 5.33. The Morgan fingerprint density at radius 2 is 1.53 bits per heavy atom. The number of fused-ring (bicyclic) bond motifs is 3. The van der Waals surface area contributed by atoms with Crippen LogP contribution >= 0.6 is 0 Å². The molecule has 4 rings (SSSR count). The smallest absolute Gasteiger partial charge is 0.399 e. The van der Waals surface area contributed by atoms with E-state index in [9.17, 15) is 22.0 Å². The minimum Gasteiger partial charge on any atom is -0.399 e. The molecule has 0 radical (unpaired) electrons. The van der Waals surface area contributed by atoms with Crippen LogP contribution in [0.2, 0.25) is 0 Å². The van der Waals surface area contributed by atoms with Gasteiger partial charge in [-0.15, -0.1) is 13.2 Å². The molecule has 3 aliphatic rings. The van der Waals surface area contributed by atoms with Crippen molar-refractivity contribution in [2.45, 2.75) is 83.4 Å². The van der Waals surface area contributed by atoms with Gasteiger partial charge in [-0.2, -0.15) is 0 Å². The Labute approximate surface area is 187 Å². The molecule has 3 saturated carbocycles. The molecule has 3 fully saturated rings. The molecule has 32 heavy (non-hydrogen) atoms. The number of benzene rings is 1. The lowest BCUT2D eigenvalue weighted by atomic mass is 9.55. The number of allylic oxidation sites excluding steroid dienone is 2. The lowest BCUT2D eigenvalue weighted by Gasteiger charge is -2.51. The number of hydrogen-bond acceptors (Lipinski definition) is 1. The molecule has 1 aromatic carbocycles. The van der Waals surface area contributed by atoms with Crippen molar-refractivity contribution in [1.82, 2.24) is 0 Å². The molecule has 178 valence electrons. The molecule has 0 amide bonds. The van der Waals surface area contributed by atoms with E-state index in [4.69, 9.17) is 0 Å². The summed E-state index contributed by atoms with van der Waals surface area (Å²) in [5.41, 5.74) is 0.461. The molecule has 0 bridgehead atoms. The molecule has 0 aliphatic heterocycles. The van der Waals surface area contributed by atoms with Crippen molar-refractivity contribution in [1.29, 1.82) is 0 Å². The lowest BCUT2D eigenvalue weighted by Crippen LogP contribution is -2.41. The van der Waals surface area contributed by atoms with Gasteiger partial charge in [-0.3, -0.25) is 0 Å². The summed E-state index contributed by atoms with van der Waals surface area (Å²) in [5, 5.41) is 0.